The first-order chi connectivity index (χ1) is 7.77. The maximum Gasteiger partial charge on any atom is 0.217 e. The minimum atomic E-state index is 0.0498. The maximum atomic E-state index is 11.2. The highest BCUT2D eigenvalue weighted by Crippen LogP contribution is 2.27. The smallest absolute Gasteiger partial charge is 0.217 e. The van der Waals surface area contributed by atoms with Gasteiger partial charge in [-0.05, 0) is 30.4 Å². The zero-order chi connectivity index (χ0) is 11.4. The van der Waals surface area contributed by atoms with Crippen molar-refractivity contribution in [2.75, 3.05) is 0 Å². The van der Waals surface area contributed by atoms with E-state index in [9.17, 15) is 4.79 Å². The molecular weight excluding hydrogens is 198 g/mol. The van der Waals surface area contributed by atoms with Gasteiger partial charge in [-0.2, -0.15) is 0 Å². The molecule has 0 spiro atoms. The molecule has 2 heteroatoms. The van der Waals surface area contributed by atoms with Crippen molar-refractivity contribution in [2.45, 2.75) is 32.2 Å². The van der Waals surface area contributed by atoms with Crippen LogP contribution in [-0.4, -0.2) is 11.9 Å². The van der Waals surface area contributed by atoms with Gasteiger partial charge < -0.3 is 5.32 Å². The number of nitrogens with one attached hydrogen (secondary N) is 1. The number of hydrogen-bond donors (Lipinski definition) is 1. The largest absolute Gasteiger partial charge is 0.350 e. The summed E-state index contributed by atoms with van der Waals surface area (Å²) < 4.78 is 0. The van der Waals surface area contributed by atoms with Crippen LogP contribution in [0.5, 0.6) is 0 Å². The van der Waals surface area contributed by atoms with Gasteiger partial charge in [0.1, 0.15) is 0 Å². The lowest BCUT2D eigenvalue weighted by Crippen LogP contribution is -2.35. The Morgan fingerprint density at radius 1 is 1.31 bits per heavy atom. The van der Waals surface area contributed by atoms with E-state index in [4.69, 9.17) is 0 Å². The van der Waals surface area contributed by atoms with E-state index in [1.807, 2.05) is 18.2 Å². The Morgan fingerprint density at radius 2 is 2.06 bits per heavy atom. The van der Waals surface area contributed by atoms with E-state index in [2.05, 4.69) is 23.5 Å². The van der Waals surface area contributed by atoms with Crippen molar-refractivity contribution in [3.63, 3.8) is 0 Å². The average Bonchev–Trinajstić information content (AvgIpc) is 2.30. The quantitative estimate of drug-likeness (QED) is 0.807. The molecule has 0 fully saturated rings. The average molecular weight is 215 g/mol. The van der Waals surface area contributed by atoms with Crippen LogP contribution in [0.3, 0.4) is 0 Å². The van der Waals surface area contributed by atoms with Gasteiger partial charge in [0.2, 0.25) is 5.91 Å². The number of rotatable bonds is 2. The van der Waals surface area contributed by atoms with Crippen molar-refractivity contribution >= 4 is 11.5 Å². The zero-order valence-electron chi connectivity index (χ0n) is 9.57. The summed E-state index contributed by atoms with van der Waals surface area (Å²) in [6.45, 7) is 1.58. The molecule has 1 aliphatic rings. The molecule has 2 rings (SSSR count). The molecule has 1 amide bonds. The fraction of sp³-hybridized carbons (Fsp3) is 0.357. The summed E-state index contributed by atoms with van der Waals surface area (Å²) in [4.78, 5) is 11.2. The van der Waals surface area contributed by atoms with Gasteiger partial charge >= 0.3 is 0 Å². The lowest BCUT2D eigenvalue weighted by molar-refractivity contribution is -0.119. The zero-order valence-corrected chi connectivity index (χ0v) is 9.57. The summed E-state index contributed by atoms with van der Waals surface area (Å²) in [5.74, 6) is 0.0498. The van der Waals surface area contributed by atoms with Gasteiger partial charge in [0.15, 0.2) is 0 Å². The fourth-order valence-corrected chi connectivity index (χ4v) is 2.22. The molecule has 0 saturated carbocycles. The summed E-state index contributed by atoms with van der Waals surface area (Å²) >= 11 is 0. The van der Waals surface area contributed by atoms with Crippen LogP contribution in [0.25, 0.3) is 5.57 Å². The molecule has 0 heterocycles. The Morgan fingerprint density at radius 3 is 2.75 bits per heavy atom. The normalized spacial score (nSPS) is 20.1. The Labute approximate surface area is 96.4 Å². The third kappa shape index (κ3) is 2.51. The minimum Gasteiger partial charge on any atom is -0.350 e. The highest BCUT2D eigenvalue weighted by Gasteiger charge is 2.19. The Bertz CT molecular complexity index is 394. The summed E-state index contributed by atoms with van der Waals surface area (Å²) in [5, 5.41) is 3.02. The number of allylic oxidation sites excluding steroid dienone is 1. The van der Waals surface area contributed by atoms with Crippen molar-refractivity contribution in [2.24, 2.45) is 0 Å². The molecule has 0 bridgehead atoms. The monoisotopic (exact) mass is 215 g/mol. The number of benzene rings is 1. The van der Waals surface area contributed by atoms with Crippen LogP contribution >= 0.6 is 0 Å². The van der Waals surface area contributed by atoms with E-state index in [1.54, 1.807) is 6.92 Å². The predicted molar refractivity (Wildman–Crippen MR) is 65.9 cm³/mol. The van der Waals surface area contributed by atoms with Gasteiger partial charge in [0.25, 0.3) is 0 Å². The first-order valence-electron chi connectivity index (χ1n) is 5.80. The molecule has 0 saturated heterocycles. The summed E-state index contributed by atoms with van der Waals surface area (Å²) in [7, 11) is 0. The summed E-state index contributed by atoms with van der Waals surface area (Å²) in [6.07, 6.45) is 5.56. The van der Waals surface area contributed by atoms with E-state index in [0.717, 1.165) is 19.3 Å². The van der Waals surface area contributed by atoms with Crippen molar-refractivity contribution in [1.29, 1.82) is 0 Å². The Kier molecular flexibility index (Phi) is 3.40. The first kappa shape index (κ1) is 10.9. The molecule has 2 nitrogen and oxygen atoms in total. The van der Waals surface area contributed by atoms with Crippen LogP contribution < -0.4 is 5.32 Å². The molecular formula is C14H17NO. The highest BCUT2D eigenvalue weighted by molar-refractivity contribution is 5.79. The van der Waals surface area contributed by atoms with E-state index in [-0.39, 0.29) is 11.9 Å². The molecule has 1 unspecified atom stereocenters. The third-order valence-electron chi connectivity index (χ3n) is 2.92. The van der Waals surface area contributed by atoms with E-state index < -0.39 is 0 Å². The standard InChI is InChI=1S/C14H17NO/c1-11(16)15-14-10-6-5-9-13(14)12-7-3-2-4-8-12/h2-4,7-9,14H,5-6,10H2,1H3,(H,15,16). The van der Waals surface area contributed by atoms with Crippen molar-refractivity contribution < 1.29 is 4.79 Å². The van der Waals surface area contributed by atoms with Crippen molar-refractivity contribution in [1.82, 2.24) is 5.32 Å². The highest BCUT2D eigenvalue weighted by atomic mass is 16.1. The molecule has 16 heavy (non-hydrogen) atoms. The van der Waals surface area contributed by atoms with Crippen LogP contribution in [0.1, 0.15) is 31.7 Å². The first-order valence-corrected chi connectivity index (χ1v) is 5.80. The topological polar surface area (TPSA) is 29.1 Å². The van der Waals surface area contributed by atoms with Crippen LogP contribution in [0.2, 0.25) is 0 Å². The lowest BCUT2D eigenvalue weighted by Gasteiger charge is -2.25. The maximum absolute atomic E-state index is 11.2. The number of amides is 1. The van der Waals surface area contributed by atoms with Crippen LogP contribution in [-0.2, 0) is 4.79 Å². The molecule has 0 aliphatic heterocycles. The fourth-order valence-electron chi connectivity index (χ4n) is 2.22. The van der Waals surface area contributed by atoms with Gasteiger partial charge in [0.05, 0.1) is 6.04 Å². The number of carbonyl (C=O) groups excluding carboxylic acids is 1. The lowest BCUT2D eigenvalue weighted by atomic mass is 9.89. The molecule has 1 N–H and O–H groups in total. The van der Waals surface area contributed by atoms with Gasteiger partial charge in [-0.15, -0.1) is 0 Å². The van der Waals surface area contributed by atoms with Gasteiger partial charge in [-0.1, -0.05) is 36.4 Å². The van der Waals surface area contributed by atoms with Crippen LogP contribution in [0.15, 0.2) is 36.4 Å². The molecule has 1 atom stereocenters. The Balaban J connectivity index is 2.23. The summed E-state index contributed by atoms with van der Waals surface area (Å²) in [6, 6.07) is 10.5. The van der Waals surface area contributed by atoms with E-state index >= 15 is 0 Å². The molecule has 1 aliphatic carbocycles. The summed E-state index contributed by atoms with van der Waals surface area (Å²) in [5.41, 5.74) is 2.49. The third-order valence-corrected chi connectivity index (χ3v) is 2.92. The molecule has 1 aromatic carbocycles. The Hall–Kier alpha value is -1.57. The molecule has 0 radical (unpaired) electrons. The van der Waals surface area contributed by atoms with Crippen LogP contribution in [0, 0.1) is 0 Å². The molecule has 84 valence electrons. The number of carbonyl (C=O) groups is 1. The number of hydrogen-bond acceptors (Lipinski definition) is 1. The minimum absolute atomic E-state index is 0.0498. The van der Waals surface area contributed by atoms with Gasteiger partial charge in [0, 0.05) is 6.92 Å². The van der Waals surface area contributed by atoms with Crippen molar-refractivity contribution in [3.05, 3.63) is 42.0 Å². The van der Waals surface area contributed by atoms with Gasteiger partial charge in [-0.3, -0.25) is 4.79 Å². The second kappa shape index (κ2) is 4.97. The molecule has 1 aromatic rings. The second-order valence-electron chi connectivity index (χ2n) is 4.21. The van der Waals surface area contributed by atoms with Crippen molar-refractivity contribution in [3.8, 4) is 0 Å². The van der Waals surface area contributed by atoms with Crippen LogP contribution in [0.4, 0.5) is 0 Å². The molecule has 0 aromatic heterocycles. The van der Waals surface area contributed by atoms with E-state index in [1.165, 1.54) is 11.1 Å². The predicted octanol–water partition coefficient (Wildman–Crippen LogP) is 2.76. The van der Waals surface area contributed by atoms with E-state index in [0.29, 0.717) is 0 Å². The van der Waals surface area contributed by atoms with Gasteiger partial charge in [-0.25, -0.2) is 0 Å². The SMILES string of the molecule is CC(=O)NC1CCCC=C1c1ccccc1. The second-order valence-corrected chi connectivity index (χ2v) is 4.21.